The van der Waals surface area contributed by atoms with Gasteiger partial charge in [0.15, 0.2) is 5.96 Å². The standard InChI is InChI=1S/C22H32N6O/c1-3-23-21(24-11-4-5-18-29-20-9-7-19(2)8-10-20)27-14-16-28(17-15-27)22-25-12-6-13-26-22/h6-10,12-13H,3-5,11,14-18H2,1-2H3,(H,23,24). The molecule has 0 amide bonds. The third-order valence-corrected chi connectivity index (χ3v) is 4.85. The van der Waals surface area contributed by atoms with Crippen molar-refractivity contribution in [1.82, 2.24) is 20.2 Å². The molecule has 1 aromatic carbocycles. The van der Waals surface area contributed by atoms with Crippen LogP contribution in [0.5, 0.6) is 5.75 Å². The van der Waals surface area contributed by atoms with Crippen molar-refractivity contribution in [2.24, 2.45) is 4.99 Å². The molecule has 1 aliphatic heterocycles. The summed E-state index contributed by atoms with van der Waals surface area (Å²) in [5.74, 6) is 2.75. The Morgan fingerprint density at radius 1 is 1.07 bits per heavy atom. The number of aliphatic imine (C=N–C) groups is 1. The van der Waals surface area contributed by atoms with Crippen LogP contribution in [0, 0.1) is 6.92 Å². The van der Waals surface area contributed by atoms with Gasteiger partial charge < -0.3 is 19.9 Å². The van der Waals surface area contributed by atoms with Gasteiger partial charge in [-0.3, -0.25) is 4.99 Å². The molecule has 7 nitrogen and oxygen atoms in total. The van der Waals surface area contributed by atoms with Crippen LogP contribution in [0.15, 0.2) is 47.7 Å². The van der Waals surface area contributed by atoms with Crippen molar-refractivity contribution in [3.8, 4) is 5.75 Å². The molecule has 1 saturated heterocycles. The summed E-state index contributed by atoms with van der Waals surface area (Å²) in [7, 11) is 0. The maximum absolute atomic E-state index is 5.79. The Balaban J connectivity index is 1.39. The minimum absolute atomic E-state index is 0.727. The first-order valence-corrected chi connectivity index (χ1v) is 10.5. The van der Waals surface area contributed by atoms with E-state index < -0.39 is 0 Å². The van der Waals surface area contributed by atoms with Crippen molar-refractivity contribution in [3.63, 3.8) is 0 Å². The fourth-order valence-corrected chi connectivity index (χ4v) is 3.22. The molecule has 29 heavy (non-hydrogen) atoms. The average Bonchev–Trinajstić information content (AvgIpc) is 2.77. The van der Waals surface area contributed by atoms with E-state index in [-0.39, 0.29) is 0 Å². The summed E-state index contributed by atoms with van der Waals surface area (Å²) in [5, 5.41) is 3.42. The maximum Gasteiger partial charge on any atom is 0.225 e. The van der Waals surface area contributed by atoms with E-state index in [0.717, 1.165) is 76.4 Å². The van der Waals surface area contributed by atoms with E-state index >= 15 is 0 Å². The highest BCUT2D eigenvalue weighted by Gasteiger charge is 2.20. The van der Waals surface area contributed by atoms with Crippen molar-refractivity contribution < 1.29 is 4.74 Å². The minimum Gasteiger partial charge on any atom is -0.494 e. The molecule has 0 saturated carbocycles. The summed E-state index contributed by atoms with van der Waals surface area (Å²) >= 11 is 0. The molecule has 2 aromatic rings. The molecule has 0 unspecified atom stereocenters. The molecule has 0 aliphatic carbocycles. The fourth-order valence-electron chi connectivity index (χ4n) is 3.22. The van der Waals surface area contributed by atoms with E-state index in [2.05, 4.69) is 51.1 Å². The number of piperazine rings is 1. The van der Waals surface area contributed by atoms with Gasteiger partial charge in [-0.15, -0.1) is 0 Å². The van der Waals surface area contributed by atoms with E-state index in [1.165, 1.54) is 5.56 Å². The second kappa shape index (κ2) is 11.2. The van der Waals surface area contributed by atoms with Crippen molar-refractivity contribution in [1.29, 1.82) is 0 Å². The van der Waals surface area contributed by atoms with Gasteiger partial charge in [0.05, 0.1) is 6.61 Å². The maximum atomic E-state index is 5.79. The Kier molecular flexibility index (Phi) is 8.10. The van der Waals surface area contributed by atoms with Crippen molar-refractivity contribution in [2.45, 2.75) is 26.7 Å². The van der Waals surface area contributed by atoms with Crippen LogP contribution in [-0.2, 0) is 0 Å². The molecule has 0 atom stereocenters. The van der Waals surface area contributed by atoms with E-state index in [1.54, 1.807) is 12.4 Å². The molecular weight excluding hydrogens is 364 g/mol. The van der Waals surface area contributed by atoms with Gasteiger partial charge in [-0.25, -0.2) is 9.97 Å². The lowest BCUT2D eigenvalue weighted by Crippen LogP contribution is -2.53. The van der Waals surface area contributed by atoms with Crippen LogP contribution < -0.4 is 15.0 Å². The predicted molar refractivity (Wildman–Crippen MR) is 118 cm³/mol. The monoisotopic (exact) mass is 396 g/mol. The number of nitrogens with one attached hydrogen (secondary N) is 1. The van der Waals surface area contributed by atoms with Crippen LogP contribution >= 0.6 is 0 Å². The van der Waals surface area contributed by atoms with Crippen molar-refractivity contribution >= 4 is 11.9 Å². The van der Waals surface area contributed by atoms with Gasteiger partial charge in [0.1, 0.15) is 5.75 Å². The van der Waals surface area contributed by atoms with Crippen LogP contribution in [-0.4, -0.2) is 66.7 Å². The lowest BCUT2D eigenvalue weighted by atomic mass is 10.2. The molecule has 2 heterocycles. The minimum atomic E-state index is 0.727. The molecule has 0 radical (unpaired) electrons. The van der Waals surface area contributed by atoms with Crippen molar-refractivity contribution in [2.75, 3.05) is 50.8 Å². The first-order valence-electron chi connectivity index (χ1n) is 10.5. The number of hydrogen-bond acceptors (Lipinski definition) is 5. The summed E-state index contributed by atoms with van der Waals surface area (Å²) in [5.41, 5.74) is 1.25. The summed E-state index contributed by atoms with van der Waals surface area (Å²) in [6, 6.07) is 10.0. The van der Waals surface area contributed by atoms with E-state index in [0.29, 0.717) is 0 Å². The number of nitrogens with zero attached hydrogens (tertiary/aromatic N) is 5. The fraction of sp³-hybridized carbons (Fsp3) is 0.500. The molecule has 0 spiro atoms. The van der Waals surface area contributed by atoms with Gasteiger partial charge in [-0.1, -0.05) is 17.7 Å². The first-order chi connectivity index (χ1) is 14.3. The van der Waals surface area contributed by atoms with E-state index in [9.17, 15) is 0 Å². The number of rotatable bonds is 8. The van der Waals surface area contributed by atoms with Crippen LogP contribution in [0.3, 0.4) is 0 Å². The Bertz CT molecular complexity index is 742. The topological polar surface area (TPSA) is 65.9 Å². The molecule has 1 aliphatic rings. The second-order valence-electron chi connectivity index (χ2n) is 7.13. The lowest BCUT2D eigenvalue weighted by Gasteiger charge is -2.36. The van der Waals surface area contributed by atoms with Gasteiger partial charge in [0.2, 0.25) is 5.95 Å². The van der Waals surface area contributed by atoms with Crippen LogP contribution in [0.4, 0.5) is 5.95 Å². The van der Waals surface area contributed by atoms with Gasteiger partial charge in [0, 0.05) is 51.7 Å². The van der Waals surface area contributed by atoms with Gasteiger partial charge in [-0.2, -0.15) is 0 Å². The average molecular weight is 397 g/mol. The van der Waals surface area contributed by atoms with Crippen molar-refractivity contribution in [3.05, 3.63) is 48.3 Å². The first kappa shape index (κ1) is 20.9. The SMILES string of the molecule is CCNC(=NCCCCOc1ccc(C)cc1)N1CCN(c2ncccn2)CC1. The van der Waals surface area contributed by atoms with Crippen LogP contribution in [0.2, 0.25) is 0 Å². The largest absolute Gasteiger partial charge is 0.494 e. The molecular formula is C22H32N6O. The number of ether oxygens (including phenoxy) is 1. The Labute approximate surface area is 173 Å². The second-order valence-corrected chi connectivity index (χ2v) is 7.13. The Hall–Kier alpha value is -2.83. The summed E-state index contributed by atoms with van der Waals surface area (Å²) in [6.07, 6.45) is 5.60. The number of aromatic nitrogens is 2. The Morgan fingerprint density at radius 3 is 2.48 bits per heavy atom. The normalized spacial score (nSPS) is 14.8. The third kappa shape index (κ3) is 6.62. The summed E-state index contributed by atoms with van der Waals surface area (Å²) < 4.78 is 5.79. The number of anilines is 1. The smallest absolute Gasteiger partial charge is 0.225 e. The van der Waals surface area contributed by atoms with Crippen LogP contribution in [0.25, 0.3) is 0 Å². The highest BCUT2D eigenvalue weighted by atomic mass is 16.5. The Morgan fingerprint density at radius 2 is 1.79 bits per heavy atom. The zero-order valence-corrected chi connectivity index (χ0v) is 17.5. The summed E-state index contributed by atoms with van der Waals surface area (Å²) in [4.78, 5) is 18.1. The molecule has 156 valence electrons. The molecule has 1 N–H and O–H groups in total. The molecule has 3 rings (SSSR count). The van der Waals surface area contributed by atoms with Gasteiger partial charge >= 0.3 is 0 Å². The number of aryl methyl sites for hydroxylation is 1. The number of guanidine groups is 1. The molecule has 7 heteroatoms. The van der Waals surface area contributed by atoms with E-state index in [4.69, 9.17) is 9.73 Å². The number of hydrogen-bond donors (Lipinski definition) is 1. The van der Waals surface area contributed by atoms with E-state index in [1.807, 2.05) is 18.2 Å². The van der Waals surface area contributed by atoms with Gasteiger partial charge in [0.25, 0.3) is 0 Å². The predicted octanol–water partition coefficient (Wildman–Crippen LogP) is 2.73. The zero-order chi connectivity index (χ0) is 20.3. The highest BCUT2D eigenvalue weighted by Crippen LogP contribution is 2.12. The summed E-state index contributed by atoms with van der Waals surface area (Å²) in [6.45, 7) is 10.2. The van der Waals surface area contributed by atoms with Gasteiger partial charge in [-0.05, 0) is 44.9 Å². The quantitative estimate of drug-likeness (QED) is 0.420. The molecule has 1 fully saturated rings. The molecule has 1 aromatic heterocycles. The lowest BCUT2D eigenvalue weighted by molar-refractivity contribution is 0.307. The van der Waals surface area contributed by atoms with Crippen LogP contribution in [0.1, 0.15) is 25.3 Å². The number of benzene rings is 1. The number of unbranched alkanes of at least 4 members (excludes halogenated alkanes) is 1. The highest BCUT2D eigenvalue weighted by molar-refractivity contribution is 5.80. The zero-order valence-electron chi connectivity index (χ0n) is 17.5. The third-order valence-electron chi connectivity index (χ3n) is 4.85. The molecule has 0 bridgehead atoms.